The normalized spacial score (nSPS) is 19.5. The molecule has 0 aromatic rings. The lowest BCUT2D eigenvalue weighted by atomic mass is 10.0. The molecule has 1 rings (SSSR count). The third-order valence-corrected chi connectivity index (χ3v) is 4.04. The van der Waals surface area contributed by atoms with Crippen molar-refractivity contribution in [3.05, 3.63) is 0 Å². The van der Waals surface area contributed by atoms with Gasteiger partial charge in [-0.3, -0.25) is 4.79 Å². The van der Waals surface area contributed by atoms with E-state index >= 15 is 0 Å². The summed E-state index contributed by atoms with van der Waals surface area (Å²) in [5, 5.41) is 11.6. The Morgan fingerprint density at radius 1 is 1.30 bits per heavy atom. The molecule has 1 aliphatic heterocycles. The monoisotopic (exact) mass is 335 g/mol. The van der Waals surface area contributed by atoms with E-state index in [-0.39, 0.29) is 19.4 Å². The van der Waals surface area contributed by atoms with Crippen LogP contribution in [0.2, 0.25) is 0 Å². The maximum Gasteiger partial charge on any atom is 0.349 e. The summed E-state index contributed by atoms with van der Waals surface area (Å²) >= 11 is 0. The molecule has 5 nitrogen and oxygen atoms in total. The number of carbonyl (C=O) groups excluding carboxylic acids is 2. The molecule has 0 aromatic carbocycles. The summed E-state index contributed by atoms with van der Waals surface area (Å²) in [5.41, 5.74) is 0. The first-order valence-corrected chi connectivity index (χ1v) is 8.43. The predicted octanol–water partition coefficient (Wildman–Crippen LogP) is 2.56. The van der Waals surface area contributed by atoms with Gasteiger partial charge >= 0.3 is 11.9 Å². The number of unbranched alkanes of at least 4 members (excludes halogenated alkanes) is 6. The van der Waals surface area contributed by atoms with Gasteiger partial charge < -0.3 is 15.2 Å². The number of cyclic esters (lactones) is 1. The SMILES string of the molecule is CCCCCCCCC[C@@H](O)C(F)(F)C(=O)NC1CCOC1=O. The molecule has 2 N–H and O–H groups in total. The molecule has 1 amide bonds. The summed E-state index contributed by atoms with van der Waals surface area (Å²) in [6, 6.07) is -1.04. The van der Waals surface area contributed by atoms with Gasteiger partial charge in [-0.05, 0) is 6.42 Å². The molecule has 1 saturated heterocycles. The van der Waals surface area contributed by atoms with E-state index in [1.807, 2.05) is 5.32 Å². The van der Waals surface area contributed by atoms with Crippen LogP contribution in [0, 0.1) is 0 Å². The van der Waals surface area contributed by atoms with Crippen LogP contribution in [0.5, 0.6) is 0 Å². The summed E-state index contributed by atoms with van der Waals surface area (Å²) in [7, 11) is 0. The van der Waals surface area contributed by atoms with Crippen molar-refractivity contribution in [2.75, 3.05) is 6.61 Å². The Kier molecular flexibility index (Phi) is 8.44. The molecular formula is C16H27F2NO4. The number of esters is 1. The van der Waals surface area contributed by atoms with Gasteiger partial charge in [0, 0.05) is 6.42 Å². The number of carbonyl (C=O) groups is 2. The Bertz CT molecular complexity index is 390. The van der Waals surface area contributed by atoms with Crippen LogP contribution in [0.4, 0.5) is 8.78 Å². The lowest BCUT2D eigenvalue weighted by Gasteiger charge is -2.22. The largest absolute Gasteiger partial charge is 0.464 e. The third-order valence-electron chi connectivity index (χ3n) is 4.04. The molecule has 1 fully saturated rings. The minimum atomic E-state index is -3.90. The number of aliphatic hydroxyl groups is 1. The Hall–Kier alpha value is -1.24. The zero-order valence-corrected chi connectivity index (χ0v) is 13.7. The van der Waals surface area contributed by atoms with E-state index in [0.29, 0.717) is 6.42 Å². The predicted molar refractivity (Wildman–Crippen MR) is 81.1 cm³/mol. The van der Waals surface area contributed by atoms with Gasteiger partial charge in [0.05, 0.1) is 6.61 Å². The number of amides is 1. The van der Waals surface area contributed by atoms with E-state index < -0.39 is 29.9 Å². The Morgan fingerprint density at radius 2 is 1.91 bits per heavy atom. The zero-order valence-electron chi connectivity index (χ0n) is 13.7. The van der Waals surface area contributed by atoms with Gasteiger partial charge in [-0.2, -0.15) is 8.78 Å². The Labute approximate surface area is 135 Å². The van der Waals surface area contributed by atoms with E-state index in [4.69, 9.17) is 0 Å². The Morgan fingerprint density at radius 3 is 2.48 bits per heavy atom. The van der Waals surface area contributed by atoms with Gasteiger partial charge in [-0.25, -0.2) is 4.79 Å². The van der Waals surface area contributed by atoms with Gasteiger partial charge in [0.1, 0.15) is 12.1 Å². The second-order valence-electron chi connectivity index (χ2n) is 6.03. The number of ether oxygens (including phenoxy) is 1. The van der Waals surface area contributed by atoms with Gasteiger partial charge in [-0.1, -0.05) is 51.9 Å². The molecule has 1 heterocycles. The van der Waals surface area contributed by atoms with Crippen LogP contribution in [0.15, 0.2) is 0 Å². The van der Waals surface area contributed by atoms with Crippen molar-refractivity contribution < 1.29 is 28.2 Å². The number of hydrogen-bond donors (Lipinski definition) is 2. The Balaban J connectivity index is 2.27. The van der Waals surface area contributed by atoms with Crippen molar-refractivity contribution in [3.8, 4) is 0 Å². The first-order chi connectivity index (χ1) is 10.9. The highest BCUT2D eigenvalue weighted by Crippen LogP contribution is 2.24. The van der Waals surface area contributed by atoms with Gasteiger partial charge in [0.15, 0.2) is 0 Å². The number of halogens is 2. The maximum absolute atomic E-state index is 13.9. The van der Waals surface area contributed by atoms with Gasteiger partial charge in [0.25, 0.3) is 5.91 Å². The molecule has 0 saturated carbocycles. The first-order valence-electron chi connectivity index (χ1n) is 8.43. The lowest BCUT2D eigenvalue weighted by molar-refractivity contribution is -0.166. The summed E-state index contributed by atoms with van der Waals surface area (Å²) < 4.78 is 32.3. The topological polar surface area (TPSA) is 75.6 Å². The standard InChI is InChI=1S/C16H27F2NO4/c1-2-3-4-5-6-7-8-9-13(20)16(17,18)15(22)19-12-10-11-23-14(12)21/h12-13,20H,2-11H2,1H3,(H,19,22)/t12?,13-/m1/s1. The minimum Gasteiger partial charge on any atom is -0.464 e. The molecule has 0 radical (unpaired) electrons. The molecule has 0 spiro atoms. The van der Waals surface area contributed by atoms with Crippen molar-refractivity contribution in [1.29, 1.82) is 0 Å². The fourth-order valence-electron chi connectivity index (χ4n) is 2.51. The molecule has 1 unspecified atom stereocenters. The second-order valence-corrected chi connectivity index (χ2v) is 6.03. The molecular weight excluding hydrogens is 308 g/mol. The van der Waals surface area contributed by atoms with Crippen molar-refractivity contribution in [1.82, 2.24) is 5.32 Å². The molecule has 134 valence electrons. The number of hydrogen-bond acceptors (Lipinski definition) is 4. The van der Waals surface area contributed by atoms with E-state index in [1.165, 1.54) is 6.42 Å². The van der Waals surface area contributed by atoms with Gasteiger partial charge in [0.2, 0.25) is 0 Å². The highest BCUT2D eigenvalue weighted by Gasteiger charge is 2.47. The van der Waals surface area contributed by atoms with Crippen LogP contribution in [-0.2, 0) is 14.3 Å². The molecule has 0 aromatic heterocycles. The smallest absolute Gasteiger partial charge is 0.349 e. The summed E-state index contributed by atoms with van der Waals surface area (Å²) in [4.78, 5) is 22.8. The van der Waals surface area contributed by atoms with E-state index in [0.717, 1.165) is 32.1 Å². The summed E-state index contributed by atoms with van der Waals surface area (Å²) in [5.74, 6) is -6.22. The maximum atomic E-state index is 13.9. The fourth-order valence-corrected chi connectivity index (χ4v) is 2.51. The van der Waals surface area contributed by atoms with E-state index in [1.54, 1.807) is 0 Å². The number of rotatable bonds is 11. The minimum absolute atomic E-state index is 0.107. The third kappa shape index (κ3) is 6.41. The molecule has 1 aliphatic rings. The summed E-state index contributed by atoms with van der Waals surface area (Å²) in [6.07, 6.45) is 4.67. The lowest BCUT2D eigenvalue weighted by Crippen LogP contribution is -2.52. The van der Waals surface area contributed by atoms with Crippen LogP contribution < -0.4 is 5.32 Å². The van der Waals surface area contributed by atoms with E-state index in [2.05, 4.69) is 11.7 Å². The molecule has 7 heteroatoms. The van der Waals surface area contributed by atoms with Crippen molar-refractivity contribution in [2.45, 2.75) is 82.8 Å². The van der Waals surface area contributed by atoms with Crippen LogP contribution in [0.3, 0.4) is 0 Å². The average molecular weight is 335 g/mol. The molecule has 0 aliphatic carbocycles. The summed E-state index contributed by atoms with van der Waals surface area (Å²) in [6.45, 7) is 2.23. The van der Waals surface area contributed by atoms with Crippen LogP contribution in [0.25, 0.3) is 0 Å². The highest BCUT2D eigenvalue weighted by molar-refractivity contribution is 5.89. The van der Waals surface area contributed by atoms with Crippen molar-refractivity contribution in [2.24, 2.45) is 0 Å². The zero-order chi connectivity index (χ0) is 17.3. The highest BCUT2D eigenvalue weighted by atomic mass is 19.3. The van der Waals surface area contributed by atoms with Crippen LogP contribution in [0.1, 0.15) is 64.7 Å². The van der Waals surface area contributed by atoms with Crippen LogP contribution >= 0.6 is 0 Å². The molecule has 23 heavy (non-hydrogen) atoms. The van der Waals surface area contributed by atoms with E-state index in [9.17, 15) is 23.5 Å². The second kappa shape index (κ2) is 9.80. The first kappa shape index (κ1) is 19.8. The number of nitrogens with one attached hydrogen (secondary N) is 1. The molecule has 0 bridgehead atoms. The average Bonchev–Trinajstić information content (AvgIpc) is 2.91. The fraction of sp³-hybridized carbons (Fsp3) is 0.875. The number of aliphatic hydroxyl groups excluding tert-OH is 1. The quantitative estimate of drug-likeness (QED) is 0.449. The van der Waals surface area contributed by atoms with Crippen molar-refractivity contribution >= 4 is 11.9 Å². The van der Waals surface area contributed by atoms with Gasteiger partial charge in [-0.15, -0.1) is 0 Å². The van der Waals surface area contributed by atoms with Crippen LogP contribution in [-0.4, -0.2) is 41.7 Å². The number of alkyl halides is 2. The van der Waals surface area contributed by atoms with Crippen molar-refractivity contribution in [3.63, 3.8) is 0 Å². The molecule has 2 atom stereocenters.